The van der Waals surface area contributed by atoms with Gasteiger partial charge in [0.05, 0.1) is 12.1 Å². The molecule has 0 aliphatic carbocycles. The second-order valence-corrected chi connectivity index (χ2v) is 9.07. The number of nitrogens with one attached hydrogen (secondary N) is 3. The number of nitrogens with zero attached hydrogens (tertiary/aromatic N) is 2. The van der Waals surface area contributed by atoms with Gasteiger partial charge in [-0.2, -0.15) is 0 Å². The Morgan fingerprint density at radius 3 is 2.31 bits per heavy atom. The minimum absolute atomic E-state index is 0.0210. The first-order valence-electron chi connectivity index (χ1n) is 11.2. The Balaban J connectivity index is 2.57. The lowest BCUT2D eigenvalue weighted by Gasteiger charge is -2.36. The summed E-state index contributed by atoms with van der Waals surface area (Å²) >= 11 is 1.02. The molecule has 0 bridgehead atoms. The van der Waals surface area contributed by atoms with Gasteiger partial charge in [-0.15, -0.1) is 0 Å². The van der Waals surface area contributed by atoms with Gasteiger partial charge in [0.15, 0.2) is 0 Å². The molecular weight excluding hydrogens is 479 g/mol. The Kier molecular flexibility index (Phi) is 12.9. The molecule has 13 heteroatoms. The molecule has 0 aliphatic heterocycles. The van der Waals surface area contributed by atoms with Gasteiger partial charge in [0.25, 0.3) is 5.91 Å². The zero-order valence-electron chi connectivity index (χ0n) is 20.4. The highest BCUT2D eigenvalue weighted by molar-refractivity contribution is 7.97. The number of amides is 6. The summed E-state index contributed by atoms with van der Waals surface area (Å²) in [6.45, 7) is 5.34. The van der Waals surface area contributed by atoms with Gasteiger partial charge >= 0.3 is 12.1 Å². The molecule has 0 aliphatic rings. The number of aliphatic hydroxyl groups is 1. The summed E-state index contributed by atoms with van der Waals surface area (Å²) in [5.74, 6) is -1.03. The predicted molar refractivity (Wildman–Crippen MR) is 132 cm³/mol. The van der Waals surface area contributed by atoms with Crippen molar-refractivity contribution in [2.24, 2.45) is 5.73 Å². The molecule has 6 amide bonds. The maximum Gasteiger partial charge on any atom is 0.339 e. The number of hydrazine groups is 1. The average molecular weight is 515 g/mol. The van der Waals surface area contributed by atoms with E-state index in [1.54, 1.807) is 20.8 Å². The summed E-state index contributed by atoms with van der Waals surface area (Å²) in [6, 6.07) is 3.01. The Morgan fingerprint density at radius 2 is 1.77 bits per heavy atom. The fourth-order valence-electron chi connectivity index (χ4n) is 3.10. The fraction of sp³-hybridized carbons (Fsp3) is 0.545. The topological polar surface area (TPSA) is 157 Å². The largest absolute Gasteiger partial charge is 0.391 e. The molecule has 1 rings (SSSR count). The highest BCUT2D eigenvalue weighted by Crippen LogP contribution is 2.13. The van der Waals surface area contributed by atoms with Crippen molar-refractivity contribution in [3.63, 3.8) is 0 Å². The van der Waals surface area contributed by atoms with Gasteiger partial charge in [0.1, 0.15) is 5.82 Å². The minimum atomic E-state index is -0.844. The first-order valence-corrected chi connectivity index (χ1v) is 12.2. The molecule has 0 fully saturated rings. The summed E-state index contributed by atoms with van der Waals surface area (Å²) in [6.07, 6.45) is 0.0752. The number of likely N-dealkylation sites (N-methyl/N-ethyl adjacent to an activating group) is 1. The van der Waals surface area contributed by atoms with E-state index < -0.39 is 41.8 Å². The van der Waals surface area contributed by atoms with Gasteiger partial charge in [0, 0.05) is 37.4 Å². The summed E-state index contributed by atoms with van der Waals surface area (Å²) in [5, 5.41) is 13.8. The van der Waals surface area contributed by atoms with Crippen LogP contribution in [0, 0.1) is 5.82 Å². The Hall–Kier alpha value is -3.06. The van der Waals surface area contributed by atoms with Crippen molar-refractivity contribution >= 4 is 35.8 Å². The van der Waals surface area contributed by atoms with Gasteiger partial charge in [-0.25, -0.2) is 19.0 Å². The number of primary amides is 1. The van der Waals surface area contributed by atoms with E-state index >= 15 is 0 Å². The minimum Gasteiger partial charge on any atom is -0.391 e. The Morgan fingerprint density at radius 1 is 1.14 bits per heavy atom. The smallest absolute Gasteiger partial charge is 0.339 e. The Labute approximate surface area is 209 Å². The molecule has 6 N–H and O–H groups in total. The third kappa shape index (κ3) is 10.8. The fourth-order valence-corrected chi connectivity index (χ4v) is 3.74. The summed E-state index contributed by atoms with van der Waals surface area (Å²) in [7, 11) is 1.53. The lowest BCUT2D eigenvalue weighted by atomic mass is 10.1. The zero-order valence-corrected chi connectivity index (χ0v) is 21.2. The summed E-state index contributed by atoms with van der Waals surface area (Å²) in [4.78, 5) is 49.7. The molecule has 0 radical (unpaired) electrons. The highest BCUT2D eigenvalue weighted by atomic mass is 32.2. The predicted octanol–water partition coefficient (Wildman–Crippen LogP) is 1.59. The van der Waals surface area contributed by atoms with Crippen molar-refractivity contribution < 1.29 is 28.7 Å². The number of nitrogens with two attached hydrogens (primary N) is 1. The van der Waals surface area contributed by atoms with Crippen LogP contribution in [0.2, 0.25) is 0 Å². The standard InChI is InChI=1S/C22H35FN6O5S/c1-14(2)29(22(34)28(4)18(15(3)30)6-5-12-25-21(24)33)26-19(31)11-13-35-27-20(32)16-7-9-17(23)10-8-16/h7-10,14-15,18,30H,5-6,11-13H2,1-4H3,(H,26,31)(H,27,32)(H3,24,25,33)/t15?,18-/m0/s1. The second kappa shape index (κ2) is 15.0. The lowest BCUT2D eigenvalue weighted by Crippen LogP contribution is -2.57. The van der Waals surface area contributed by atoms with Gasteiger partial charge in [0.2, 0.25) is 5.91 Å². The van der Waals surface area contributed by atoms with E-state index in [0.29, 0.717) is 24.9 Å². The van der Waals surface area contributed by atoms with Crippen LogP contribution in [0.4, 0.5) is 14.0 Å². The first-order chi connectivity index (χ1) is 16.4. The maximum atomic E-state index is 13.1. The zero-order chi connectivity index (χ0) is 26.5. The van der Waals surface area contributed by atoms with Crippen molar-refractivity contribution in [2.75, 3.05) is 19.3 Å². The molecule has 2 atom stereocenters. The number of hydrogen-bond acceptors (Lipinski definition) is 6. The van der Waals surface area contributed by atoms with Crippen molar-refractivity contribution in [2.45, 2.75) is 58.2 Å². The van der Waals surface area contributed by atoms with Crippen LogP contribution in [0.15, 0.2) is 24.3 Å². The highest BCUT2D eigenvalue weighted by Gasteiger charge is 2.29. The SMILES string of the molecule is CC(O)[C@H](CCCNC(N)=O)N(C)C(=O)N(NC(=O)CCSNC(=O)c1ccc(F)cc1)C(C)C. The number of rotatable bonds is 12. The molecule has 0 heterocycles. The molecule has 35 heavy (non-hydrogen) atoms. The quantitative estimate of drug-likeness (QED) is 0.162. The van der Waals surface area contributed by atoms with Crippen molar-refractivity contribution in [3.05, 3.63) is 35.6 Å². The number of carbonyl (C=O) groups excluding carboxylic acids is 4. The van der Waals surface area contributed by atoms with Crippen molar-refractivity contribution in [3.8, 4) is 0 Å². The van der Waals surface area contributed by atoms with Crippen LogP contribution in [0.5, 0.6) is 0 Å². The van der Waals surface area contributed by atoms with Gasteiger partial charge in [-0.1, -0.05) is 0 Å². The Bertz CT molecular complexity index is 855. The third-order valence-corrected chi connectivity index (χ3v) is 5.74. The number of aliphatic hydroxyl groups excluding tert-OH is 1. The van der Waals surface area contributed by atoms with Crippen molar-refractivity contribution in [1.29, 1.82) is 0 Å². The molecule has 0 saturated heterocycles. The molecule has 0 saturated carbocycles. The van der Waals surface area contributed by atoms with E-state index in [-0.39, 0.29) is 18.2 Å². The summed E-state index contributed by atoms with van der Waals surface area (Å²) < 4.78 is 15.5. The van der Waals surface area contributed by atoms with Crippen LogP contribution in [-0.2, 0) is 4.79 Å². The molecule has 1 unspecified atom stereocenters. The van der Waals surface area contributed by atoms with E-state index in [1.807, 2.05) is 0 Å². The monoisotopic (exact) mass is 514 g/mol. The van der Waals surface area contributed by atoms with E-state index in [1.165, 1.54) is 41.2 Å². The van der Waals surface area contributed by atoms with Crippen LogP contribution in [0.25, 0.3) is 0 Å². The average Bonchev–Trinajstić information content (AvgIpc) is 2.79. The molecular formula is C22H35FN6O5S. The van der Waals surface area contributed by atoms with Crippen LogP contribution >= 0.6 is 11.9 Å². The lowest BCUT2D eigenvalue weighted by molar-refractivity contribution is -0.125. The first kappa shape index (κ1) is 30.0. The second-order valence-electron chi connectivity index (χ2n) is 8.17. The molecule has 1 aromatic rings. The van der Waals surface area contributed by atoms with Crippen LogP contribution < -0.4 is 21.2 Å². The molecule has 1 aromatic carbocycles. The van der Waals surface area contributed by atoms with Gasteiger partial charge in [-0.05, 0) is 69.8 Å². The molecule has 11 nitrogen and oxygen atoms in total. The molecule has 0 aromatic heterocycles. The number of benzene rings is 1. The van der Waals surface area contributed by atoms with Gasteiger partial charge in [-0.3, -0.25) is 19.7 Å². The van der Waals surface area contributed by atoms with E-state index in [4.69, 9.17) is 5.73 Å². The van der Waals surface area contributed by atoms with E-state index in [0.717, 1.165) is 11.9 Å². The summed E-state index contributed by atoms with van der Waals surface area (Å²) in [5.41, 5.74) is 7.91. The van der Waals surface area contributed by atoms with Crippen molar-refractivity contribution in [1.82, 2.24) is 25.4 Å². The van der Waals surface area contributed by atoms with Crippen LogP contribution in [0.1, 0.15) is 50.4 Å². The number of urea groups is 2. The normalized spacial score (nSPS) is 12.4. The van der Waals surface area contributed by atoms with E-state index in [9.17, 15) is 28.7 Å². The van der Waals surface area contributed by atoms with Crippen LogP contribution in [-0.4, -0.2) is 76.4 Å². The van der Waals surface area contributed by atoms with Gasteiger partial charge < -0.3 is 21.1 Å². The number of carbonyl (C=O) groups is 4. The molecule has 196 valence electrons. The van der Waals surface area contributed by atoms with E-state index in [2.05, 4.69) is 15.5 Å². The number of hydrogen-bond donors (Lipinski definition) is 5. The third-order valence-electron chi connectivity index (χ3n) is 5.00. The van der Waals surface area contributed by atoms with Crippen LogP contribution in [0.3, 0.4) is 0 Å². The maximum absolute atomic E-state index is 13.1. The number of halogens is 1. The molecule has 0 spiro atoms.